The Morgan fingerprint density at radius 3 is 2.40 bits per heavy atom. The van der Waals surface area contributed by atoms with Gasteiger partial charge in [-0.1, -0.05) is 50.3 Å². The largest absolute Gasteiger partial charge is 0.389 e. The molecule has 0 radical (unpaired) electrons. The van der Waals surface area contributed by atoms with Gasteiger partial charge in [0.25, 0.3) is 0 Å². The van der Waals surface area contributed by atoms with Crippen molar-refractivity contribution in [2.24, 2.45) is 11.7 Å². The van der Waals surface area contributed by atoms with Crippen LogP contribution in [0.5, 0.6) is 0 Å². The summed E-state index contributed by atoms with van der Waals surface area (Å²) in [6.45, 7) is 5.55. The summed E-state index contributed by atoms with van der Waals surface area (Å²) in [7, 11) is 2.14. The lowest BCUT2D eigenvalue weighted by Gasteiger charge is -2.23. The summed E-state index contributed by atoms with van der Waals surface area (Å²) < 4.78 is 0. The van der Waals surface area contributed by atoms with Gasteiger partial charge in [0.2, 0.25) is 0 Å². The number of benzene rings is 2. The maximum absolute atomic E-state index is 5.82. The highest BCUT2D eigenvalue weighted by molar-refractivity contribution is 7.80. The van der Waals surface area contributed by atoms with Crippen molar-refractivity contribution in [2.75, 3.05) is 18.5 Å². The molecule has 0 fully saturated rings. The van der Waals surface area contributed by atoms with E-state index < -0.39 is 0 Å². The topological polar surface area (TPSA) is 29.3 Å². The van der Waals surface area contributed by atoms with Crippen LogP contribution in [-0.2, 0) is 0 Å². The molecule has 3 heteroatoms. The van der Waals surface area contributed by atoms with E-state index in [4.69, 9.17) is 18.0 Å². The highest BCUT2D eigenvalue weighted by Crippen LogP contribution is 2.29. The Morgan fingerprint density at radius 1 is 1.15 bits per heavy atom. The molecule has 20 heavy (non-hydrogen) atoms. The molecule has 0 saturated carbocycles. The molecule has 0 heterocycles. The zero-order valence-corrected chi connectivity index (χ0v) is 13.2. The zero-order valence-electron chi connectivity index (χ0n) is 12.4. The Hall–Kier alpha value is -1.61. The van der Waals surface area contributed by atoms with E-state index >= 15 is 0 Å². The fourth-order valence-electron chi connectivity index (χ4n) is 2.40. The Balaban J connectivity index is 2.45. The van der Waals surface area contributed by atoms with Crippen LogP contribution in [-0.4, -0.2) is 18.6 Å². The van der Waals surface area contributed by atoms with Crippen LogP contribution in [0.25, 0.3) is 10.8 Å². The van der Waals surface area contributed by atoms with Crippen LogP contribution in [0.1, 0.15) is 25.8 Å². The third-order valence-corrected chi connectivity index (χ3v) is 3.84. The summed E-state index contributed by atoms with van der Waals surface area (Å²) in [6.07, 6.45) is 1.18. The molecule has 0 aliphatic rings. The van der Waals surface area contributed by atoms with Crippen LogP contribution in [0.3, 0.4) is 0 Å². The van der Waals surface area contributed by atoms with E-state index in [1.165, 1.54) is 17.5 Å². The molecule has 0 amide bonds. The lowest BCUT2D eigenvalue weighted by atomic mass is 10.0. The molecule has 2 N–H and O–H groups in total. The first-order valence-corrected chi connectivity index (χ1v) is 7.44. The lowest BCUT2D eigenvalue weighted by molar-refractivity contribution is 0.585. The van der Waals surface area contributed by atoms with E-state index in [9.17, 15) is 0 Å². The molecular weight excluding hydrogens is 264 g/mol. The zero-order chi connectivity index (χ0) is 14.7. The minimum atomic E-state index is 0.456. The molecule has 0 spiro atoms. The average molecular weight is 286 g/mol. The molecule has 0 aliphatic heterocycles. The van der Waals surface area contributed by atoms with Gasteiger partial charge in [-0.05, 0) is 29.9 Å². The van der Waals surface area contributed by atoms with E-state index in [1.54, 1.807) is 0 Å². The number of nitrogens with two attached hydrogens (primary N) is 1. The second-order valence-corrected chi connectivity index (χ2v) is 6.09. The SMILES string of the molecule is CC(C)CCN(C)c1ccc(C(N)=S)c2ccccc12. The standard InChI is InChI=1S/C17H22N2S/c1-12(2)10-11-19(3)16-9-8-15(17(18)20)13-6-4-5-7-14(13)16/h4-9,12H,10-11H2,1-3H3,(H2,18,20). The number of hydrogen-bond acceptors (Lipinski definition) is 2. The molecule has 0 bridgehead atoms. The molecule has 2 aromatic carbocycles. The monoisotopic (exact) mass is 286 g/mol. The van der Waals surface area contributed by atoms with E-state index in [-0.39, 0.29) is 0 Å². The van der Waals surface area contributed by atoms with Crippen LogP contribution in [0.2, 0.25) is 0 Å². The van der Waals surface area contributed by atoms with Crippen molar-refractivity contribution in [3.05, 3.63) is 42.0 Å². The number of thiocarbonyl (C=S) groups is 1. The second-order valence-electron chi connectivity index (χ2n) is 5.65. The minimum Gasteiger partial charge on any atom is -0.389 e. The van der Waals surface area contributed by atoms with Crippen LogP contribution < -0.4 is 10.6 Å². The summed E-state index contributed by atoms with van der Waals surface area (Å²) in [4.78, 5) is 2.77. The van der Waals surface area contributed by atoms with Crippen molar-refractivity contribution in [1.29, 1.82) is 0 Å². The van der Waals surface area contributed by atoms with Crippen molar-refractivity contribution >= 4 is 33.7 Å². The van der Waals surface area contributed by atoms with Gasteiger partial charge in [-0.15, -0.1) is 0 Å². The Morgan fingerprint density at radius 2 is 1.80 bits per heavy atom. The smallest absolute Gasteiger partial charge is 0.104 e. The molecule has 0 unspecified atom stereocenters. The normalized spacial score (nSPS) is 11.0. The Bertz CT molecular complexity index is 619. The van der Waals surface area contributed by atoms with Gasteiger partial charge in [0, 0.05) is 30.2 Å². The van der Waals surface area contributed by atoms with Gasteiger partial charge in [-0.2, -0.15) is 0 Å². The number of fused-ring (bicyclic) bond motifs is 1. The van der Waals surface area contributed by atoms with Crippen molar-refractivity contribution in [1.82, 2.24) is 0 Å². The molecule has 2 nitrogen and oxygen atoms in total. The Kier molecular flexibility index (Phi) is 4.61. The average Bonchev–Trinajstić information content (AvgIpc) is 2.43. The number of anilines is 1. The molecular formula is C17H22N2S. The molecule has 0 saturated heterocycles. The second kappa shape index (κ2) is 6.23. The van der Waals surface area contributed by atoms with E-state index in [0.29, 0.717) is 10.9 Å². The van der Waals surface area contributed by atoms with Crippen LogP contribution in [0.4, 0.5) is 5.69 Å². The quantitative estimate of drug-likeness (QED) is 0.844. The first kappa shape index (κ1) is 14.8. The van der Waals surface area contributed by atoms with E-state index in [0.717, 1.165) is 17.5 Å². The van der Waals surface area contributed by atoms with Gasteiger partial charge in [-0.3, -0.25) is 0 Å². The fraction of sp³-hybridized carbons (Fsp3) is 0.353. The lowest BCUT2D eigenvalue weighted by Crippen LogP contribution is -2.20. The number of hydrogen-bond donors (Lipinski definition) is 1. The molecule has 106 valence electrons. The molecule has 0 aliphatic carbocycles. The number of rotatable bonds is 5. The van der Waals surface area contributed by atoms with Gasteiger partial charge in [0.05, 0.1) is 0 Å². The maximum atomic E-state index is 5.82. The molecule has 0 atom stereocenters. The predicted octanol–water partition coefficient (Wildman–Crippen LogP) is 3.96. The van der Waals surface area contributed by atoms with E-state index in [1.807, 2.05) is 12.1 Å². The van der Waals surface area contributed by atoms with Gasteiger partial charge in [0.15, 0.2) is 0 Å². The molecule has 2 aromatic rings. The van der Waals surface area contributed by atoms with Crippen LogP contribution >= 0.6 is 12.2 Å². The van der Waals surface area contributed by atoms with Crippen molar-refractivity contribution < 1.29 is 0 Å². The highest BCUT2D eigenvalue weighted by Gasteiger charge is 2.10. The van der Waals surface area contributed by atoms with Crippen molar-refractivity contribution in [2.45, 2.75) is 20.3 Å². The summed E-state index contributed by atoms with van der Waals surface area (Å²) in [5, 5.41) is 2.35. The minimum absolute atomic E-state index is 0.456. The summed E-state index contributed by atoms with van der Waals surface area (Å²) >= 11 is 5.15. The predicted molar refractivity (Wildman–Crippen MR) is 92.6 cm³/mol. The first-order chi connectivity index (χ1) is 9.50. The van der Waals surface area contributed by atoms with E-state index in [2.05, 4.69) is 50.1 Å². The summed E-state index contributed by atoms with van der Waals surface area (Å²) in [5.41, 5.74) is 8.01. The van der Waals surface area contributed by atoms with Crippen LogP contribution in [0, 0.1) is 5.92 Å². The molecule has 0 aromatic heterocycles. The summed E-state index contributed by atoms with van der Waals surface area (Å²) in [6, 6.07) is 12.5. The van der Waals surface area contributed by atoms with Crippen LogP contribution in [0.15, 0.2) is 36.4 Å². The molecule has 2 rings (SSSR count). The van der Waals surface area contributed by atoms with Gasteiger partial charge in [0.1, 0.15) is 4.99 Å². The van der Waals surface area contributed by atoms with Gasteiger partial charge >= 0.3 is 0 Å². The third kappa shape index (κ3) is 3.10. The first-order valence-electron chi connectivity index (χ1n) is 7.03. The number of nitrogens with zero attached hydrogens (tertiary/aromatic N) is 1. The maximum Gasteiger partial charge on any atom is 0.104 e. The van der Waals surface area contributed by atoms with Crippen molar-refractivity contribution in [3.63, 3.8) is 0 Å². The van der Waals surface area contributed by atoms with Gasteiger partial charge < -0.3 is 10.6 Å². The highest BCUT2D eigenvalue weighted by atomic mass is 32.1. The van der Waals surface area contributed by atoms with Crippen molar-refractivity contribution in [3.8, 4) is 0 Å². The fourth-order valence-corrected chi connectivity index (χ4v) is 2.58. The third-order valence-electron chi connectivity index (χ3n) is 3.62. The Labute approximate surface area is 126 Å². The summed E-state index contributed by atoms with van der Waals surface area (Å²) in [5.74, 6) is 0.708. The van der Waals surface area contributed by atoms with Gasteiger partial charge in [-0.25, -0.2) is 0 Å².